The van der Waals surface area contributed by atoms with E-state index in [4.69, 9.17) is 4.74 Å². The van der Waals surface area contributed by atoms with Crippen LogP contribution in [0.5, 0.6) is 5.75 Å². The van der Waals surface area contributed by atoms with Crippen LogP contribution in [0.2, 0.25) is 0 Å². The van der Waals surface area contributed by atoms with E-state index in [1.165, 1.54) is 0 Å². The number of thiophene rings is 1. The van der Waals surface area contributed by atoms with Crippen LogP contribution in [-0.2, 0) is 10.0 Å². The quantitative estimate of drug-likeness (QED) is 0.888. The second kappa shape index (κ2) is 5.79. The monoisotopic (exact) mass is 323 g/mol. The Bertz CT molecular complexity index is 689. The fourth-order valence-electron chi connectivity index (χ4n) is 2.27. The minimum atomic E-state index is -3.51. The number of ether oxygens (including phenoxy) is 1. The molecular weight excluding hydrogens is 306 g/mol. The average molecular weight is 323 g/mol. The first-order chi connectivity index (χ1) is 10.1. The van der Waals surface area contributed by atoms with Gasteiger partial charge in [-0.1, -0.05) is 6.07 Å². The molecule has 1 atom stereocenters. The standard InChI is InChI=1S/C15H17NO3S2/c1-19-12-6-8-13(9-7-12)21(17,18)16-15(11-4-5-11)14-3-2-10-20-14/h2-3,6-11,15-16H,4-5H2,1H3. The van der Waals surface area contributed by atoms with Gasteiger partial charge in [0.2, 0.25) is 10.0 Å². The van der Waals surface area contributed by atoms with Crippen molar-refractivity contribution < 1.29 is 13.2 Å². The zero-order chi connectivity index (χ0) is 14.9. The highest BCUT2D eigenvalue weighted by molar-refractivity contribution is 7.89. The van der Waals surface area contributed by atoms with Crippen molar-refractivity contribution >= 4 is 21.4 Å². The predicted molar refractivity (Wildman–Crippen MR) is 83.1 cm³/mol. The van der Waals surface area contributed by atoms with Crippen LogP contribution in [0.4, 0.5) is 0 Å². The molecule has 1 unspecified atom stereocenters. The van der Waals surface area contributed by atoms with Crippen molar-refractivity contribution in [3.8, 4) is 5.75 Å². The Morgan fingerprint density at radius 3 is 2.48 bits per heavy atom. The molecule has 0 amide bonds. The van der Waals surface area contributed by atoms with E-state index in [0.29, 0.717) is 11.7 Å². The number of sulfonamides is 1. The van der Waals surface area contributed by atoms with Crippen LogP contribution < -0.4 is 9.46 Å². The van der Waals surface area contributed by atoms with E-state index in [-0.39, 0.29) is 10.9 Å². The first kappa shape index (κ1) is 14.6. The van der Waals surface area contributed by atoms with Crippen LogP contribution in [0.3, 0.4) is 0 Å². The normalized spacial score (nSPS) is 16.6. The van der Waals surface area contributed by atoms with Gasteiger partial charge in [-0.05, 0) is 54.5 Å². The summed E-state index contributed by atoms with van der Waals surface area (Å²) >= 11 is 1.59. The van der Waals surface area contributed by atoms with E-state index < -0.39 is 10.0 Å². The lowest BCUT2D eigenvalue weighted by Crippen LogP contribution is -2.29. The second-order valence-corrected chi connectivity index (χ2v) is 7.82. The summed E-state index contributed by atoms with van der Waals surface area (Å²) in [4.78, 5) is 1.35. The van der Waals surface area contributed by atoms with Crippen molar-refractivity contribution in [3.05, 3.63) is 46.7 Å². The highest BCUT2D eigenvalue weighted by atomic mass is 32.2. The van der Waals surface area contributed by atoms with Crippen molar-refractivity contribution in [2.24, 2.45) is 5.92 Å². The Balaban J connectivity index is 1.83. The van der Waals surface area contributed by atoms with Gasteiger partial charge in [0.1, 0.15) is 5.75 Å². The zero-order valence-electron chi connectivity index (χ0n) is 11.7. The molecule has 2 aromatic rings. The first-order valence-electron chi connectivity index (χ1n) is 6.80. The number of nitrogens with one attached hydrogen (secondary N) is 1. The van der Waals surface area contributed by atoms with Crippen LogP contribution in [0.1, 0.15) is 23.8 Å². The summed E-state index contributed by atoms with van der Waals surface area (Å²) in [5.41, 5.74) is 0. The molecule has 0 aliphatic heterocycles. The highest BCUT2D eigenvalue weighted by Crippen LogP contribution is 2.43. The fourth-order valence-corrected chi connectivity index (χ4v) is 4.50. The maximum absolute atomic E-state index is 12.5. The summed E-state index contributed by atoms with van der Waals surface area (Å²) in [5.74, 6) is 1.06. The third-order valence-corrected chi connectivity index (χ3v) is 6.01. The molecule has 0 saturated heterocycles. The summed E-state index contributed by atoms with van der Waals surface area (Å²) in [6.07, 6.45) is 2.15. The van der Waals surface area contributed by atoms with Crippen LogP contribution in [0.25, 0.3) is 0 Å². The lowest BCUT2D eigenvalue weighted by Gasteiger charge is -2.17. The molecule has 0 radical (unpaired) electrons. The van der Waals surface area contributed by atoms with Crippen LogP contribution >= 0.6 is 11.3 Å². The van der Waals surface area contributed by atoms with Gasteiger partial charge in [-0.15, -0.1) is 11.3 Å². The van der Waals surface area contributed by atoms with Crippen LogP contribution in [-0.4, -0.2) is 15.5 Å². The van der Waals surface area contributed by atoms with Crippen molar-refractivity contribution in [1.29, 1.82) is 0 Å². The number of rotatable bonds is 6. The smallest absolute Gasteiger partial charge is 0.241 e. The summed E-state index contributed by atoms with van der Waals surface area (Å²) in [7, 11) is -1.96. The van der Waals surface area contributed by atoms with Crippen LogP contribution in [0, 0.1) is 5.92 Å². The molecular formula is C15H17NO3S2. The van der Waals surface area contributed by atoms with Gasteiger partial charge >= 0.3 is 0 Å². The maximum atomic E-state index is 12.5. The maximum Gasteiger partial charge on any atom is 0.241 e. The van der Waals surface area contributed by atoms with Gasteiger partial charge in [-0.25, -0.2) is 13.1 Å². The van der Waals surface area contributed by atoms with Gasteiger partial charge in [0, 0.05) is 4.88 Å². The van der Waals surface area contributed by atoms with E-state index in [1.54, 1.807) is 42.7 Å². The van der Waals surface area contributed by atoms with Crippen molar-refractivity contribution in [2.45, 2.75) is 23.8 Å². The molecule has 4 nitrogen and oxygen atoms in total. The van der Waals surface area contributed by atoms with Crippen LogP contribution in [0.15, 0.2) is 46.7 Å². The first-order valence-corrected chi connectivity index (χ1v) is 9.16. The van der Waals surface area contributed by atoms with Crippen molar-refractivity contribution in [1.82, 2.24) is 4.72 Å². The molecule has 1 saturated carbocycles. The molecule has 1 heterocycles. The van der Waals surface area contributed by atoms with Gasteiger partial charge in [-0.3, -0.25) is 0 Å². The van der Waals surface area contributed by atoms with E-state index >= 15 is 0 Å². The second-order valence-electron chi connectivity index (χ2n) is 5.13. The molecule has 1 aromatic carbocycles. The minimum Gasteiger partial charge on any atom is -0.497 e. The Morgan fingerprint density at radius 2 is 1.95 bits per heavy atom. The Morgan fingerprint density at radius 1 is 1.24 bits per heavy atom. The summed E-state index contributed by atoms with van der Waals surface area (Å²) in [6, 6.07) is 10.3. The van der Waals surface area contributed by atoms with Gasteiger partial charge < -0.3 is 4.74 Å². The fraction of sp³-hybridized carbons (Fsp3) is 0.333. The molecule has 0 bridgehead atoms. The van der Waals surface area contributed by atoms with E-state index in [0.717, 1.165) is 17.7 Å². The predicted octanol–water partition coefficient (Wildman–Crippen LogP) is 3.19. The number of benzene rings is 1. The third kappa shape index (κ3) is 3.28. The Kier molecular flexibility index (Phi) is 4.01. The molecule has 6 heteroatoms. The largest absolute Gasteiger partial charge is 0.497 e. The van der Waals surface area contributed by atoms with E-state index in [2.05, 4.69) is 4.72 Å². The van der Waals surface area contributed by atoms with Gasteiger partial charge in [0.05, 0.1) is 18.0 Å². The van der Waals surface area contributed by atoms with E-state index in [9.17, 15) is 8.42 Å². The molecule has 1 aliphatic rings. The number of methoxy groups -OCH3 is 1. The molecule has 1 fully saturated rings. The lowest BCUT2D eigenvalue weighted by molar-refractivity contribution is 0.414. The molecule has 1 aromatic heterocycles. The van der Waals surface area contributed by atoms with Gasteiger partial charge in [0.25, 0.3) is 0 Å². The summed E-state index contributed by atoms with van der Waals surface area (Å²) in [6.45, 7) is 0. The topological polar surface area (TPSA) is 55.4 Å². The lowest BCUT2D eigenvalue weighted by atomic mass is 10.2. The number of hydrogen-bond donors (Lipinski definition) is 1. The zero-order valence-corrected chi connectivity index (χ0v) is 13.3. The average Bonchev–Trinajstić information content (AvgIpc) is 3.19. The molecule has 0 spiro atoms. The third-order valence-electron chi connectivity index (χ3n) is 3.59. The SMILES string of the molecule is COc1ccc(S(=O)(=O)NC(c2cccs2)C2CC2)cc1. The Labute approximate surface area is 128 Å². The molecule has 21 heavy (non-hydrogen) atoms. The molecule has 1 N–H and O–H groups in total. The van der Waals surface area contributed by atoms with Gasteiger partial charge in [-0.2, -0.15) is 0 Å². The van der Waals surface area contributed by atoms with Crippen molar-refractivity contribution in [3.63, 3.8) is 0 Å². The summed E-state index contributed by atoms with van der Waals surface area (Å²) < 4.78 is 33.0. The number of hydrogen-bond acceptors (Lipinski definition) is 4. The molecule has 112 valence electrons. The highest BCUT2D eigenvalue weighted by Gasteiger charge is 2.35. The van der Waals surface area contributed by atoms with E-state index in [1.807, 2.05) is 17.5 Å². The van der Waals surface area contributed by atoms with Gasteiger partial charge in [0.15, 0.2) is 0 Å². The van der Waals surface area contributed by atoms with Crippen molar-refractivity contribution in [2.75, 3.05) is 7.11 Å². The Hall–Kier alpha value is -1.37. The minimum absolute atomic E-state index is 0.114. The molecule has 1 aliphatic carbocycles. The summed E-state index contributed by atoms with van der Waals surface area (Å²) in [5, 5.41) is 1.98. The molecule has 3 rings (SSSR count).